The molecule has 150 valence electrons. The molecule has 0 saturated carbocycles. The van der Waals surface area contributed by atoms with Gasteiger partial charge in [-0.2, -0.15) is 0 Å². The van der Waals surface area contributed by atoms with E-state index in [1.165, 1.54) is 0 Å². The van der Waals surface area contributed by atoms with E-state index in [1.54, 1.807) is 27.7 Å². The molecule has 0 saturated heterocycles. The molecule has 0 amide bonds. The normalized spacial score (nSPS) is 12.7. The van der Waals surface area contributed by atoms with Crippen molar-refractivity contribution in [2.45, 2.75) is 44.6 Å². The van der Waals surface area contributed by atoms with Crippen molar-refractivity contribution < 1.29 is 16.8 Å². The molecule has 26 heavy (non-hydrogen) atoms. The van der Waals surface area contributed by atoms with Crippen LogP contribution in [0.15, 0.2) is 24.3 Å². The molecule has 0 aliphatic rings. The Kier molecular flexibility index (Phi) is 8.52. The number of nitrogens with zero attached hydrogens (tertiary/aromatic N) is 1. The van der Waals surface area contributed by atoms with Gasteiger partial charge in [0.25, 0.3) is 0 Å². The monoisotopic (exact) mass is 405 g/mol. The highest BCUT2D eigenvalue weighted by Crippen LogP contribution is 2.14. The molecular weight excluding hydrogens is 374 g/mol. The van der Waals surface area contributed by atoms with Crippen LogP contribution in [0.3, 0.4) is 0 Å². The van der Waals surface area contributed by atoms with Gasteiger partial charge < -0.3 is 4.90 Å². The minimum absolute atomic E-state index is 0.343. The smallest absolute Gasteiger partial charge is 0.213 e. The summed E-state index contributed by atoms with van der Waals surface area (Å²) >= 11 is 0. The Morgan fingerprint density at radius 2 is 1.31 bits per heavy atom. The Bertz CT molecular complexity index is 758. The van der Waals surface area contributed by atoms with Gasteiger partial charge in [0, 0.05) is 32.4 Å². The molecular formula is C17H31N3O4S2. The number of benzene rings is 1. The number of hydrogen-bond acceptors (Lipinski definition) is 5. The highest BCUT2D eigenvalue weighted by molar-refractivity contribution is 7.90. The summed E-state index contributed by atoms with van der Waals surface area (Å²) in [6.45, 7) is 7.85. The molecule has 9 heteroatoms. The van der Waals surface area contributed by atoms with Crippen LogP contribution in [0.1, 0.15) is 33.3 Å². The van der Waals surface area contributed by atoms with Gasteiger partial charge in [-0.05, 0) is 51.8 Å². The van der Waals surface area contributed by atoms with E-state index in [1.807, 2.05) is 36.2 Å². The van der Waals surface area contributed by atoms with Crippen molar-refractivity contribution in [2.75, 3.05) is 31.6 Å². The second kappa shape index (κ2) is 9.68. The number of likely N-dealkylation sites (N-methyl/N-ethyl adjacent to an activating group) is 1. The molecule has 0 aliphatic carbocycles. The minimum Gasteiger partial charge on any atom is -0.373 e. The Morgan fingerprint density at radius 3 is 1.77 bits per heavy atom. The van der Waals surface area contributed by atoms with E-state index in [0.717, 1.165) is 11.3 Å². The first-order chi connectivity index (χ1) is 12.0. The second-order valence-electron chi connectivity index (χ2n) is 6.81. The van der Waals surface area contributed by atoms with Crippen LogP contribution < -0.4 is 14.3 Å². The molecule has 0 aromatic heterocycles. The van der Waals surface area contributed by atoms with Crippen LogP contribution in [0, 0.1) is 0 Å². The summed E-state index contributed by atoms with van der Waals surface area (Å²) in [6, 6.07) is 7.80. The molecule has 0 fully saturated rings. The molecule has 0 heterocycles. The zero-order valence-corrected chi connectivity index (χ0v) is 17.8. The molecule has 0 aliphatic heterocycles. The zero-order chi connectivity index (χ0) is 20.0. The summed E-state index contributed by atoms with van der Waals surface area (Å²) in [7, 11) is -4.58. The lowest BCUT2D eigenvalue weighted by Gasteiger charge is -2.20. The third kappa shape index (κ3) is 7.22. The van der Waals surface area contributed by atoms with Gasteiger partial charge in [0.2, 0.25) is 20.0 Å². The van der Waals surface area contributed by atoms with Crippen LogP contribution in [-0.2, 0) is 26.5 Å². The van der Waals surface area contributed by atoms with Crippen LogP contribution in [0.4, 0.5) is 5.69 Å². The highest BCUT2D eigenvalue weighted by atomic mass is 32.2. The quantitative estimate of drug-likeness (QED) is 0.579. The Hall–Kier alpha value is -1.16. The molecule has 1 rings (SSSR count). The molecule has 0 unspecified atom stereocenters. The van der Waals surface area contributed by atoms with Crippen molar-refractivity contribution in [3.8, 4) is 0 Å². The average Bonchev–Trinajstić information content (AvgIpc) is 2.54. The van der Waals surface area contributed by atoms with Gasteiger partial charge >= 0.3 is 0 Å². The van der Waals surface area contributed by atoms with Gasteiger partial charge in [0.15, 0.2) is 0 Å². The first kappa shape index (κ1) is 22.9. The average molecular weight is 406 g/mol. The summed E-state index contributed by atoms with van der Waals surface area (Å²) in [6.07, 6.45) is 0.615. The van der Waals surface area contributed by atoms with E-state index in [9.17, 15) is 16.8 Å². The fourth-order valence-electron chi connectivity index (χ4n) is 2.07. The van der Waals surface area contributed by atoms with Gasteiger partial charge in [0.1, 0.15) is 0 Å². The first-order valence-electron chi connectivity index (χ1n) is 8.72. The van der Waals surface area contributed by atoms with Crippen LogP contribution in [0.5, 0.6) is 0 Å². The van der Waals surface area contributed by atoms with Crippen molar-refractivity contribution in [2.24, 2.45) is 0 Å². The molecule has 1 aromatic carbocycles. The van der Waals surface area contributed by atoms with E-state index in [4.69, 9.17) is 0 Å². The number of sulfonamides is 2. The third-order valence-corrected chi connectivity index (χ3v) is 7.78. The summed E-state index contributed by atoms with van der Waals surface area (Å²) < 4.78 is 52.1. The van der Waals surface area contributed by atoms with E-state index >= 15 is 0 Å². The van der Waals surface area contributed by atoms with Crippen molar-refractivity contribution in [3.05, 3.63) is 29.8 Å². The molecule has 0 spiro atoms. The largest absolute Gasteiger partial charge is 0.373 e. The predicted octanol–water partition coefficient (Wildman–Crippen LogP) is 1.32. The lowest BCUT2D eigenvalue weighted by Crippen LogP contribution is -2.36. The van der Waals surface area contributed by atoms with E-state index in [2.05, 4.69) is 9.44 Å². The summed E-state index contributed by atoms with van der Waals surface area (Å²) in [4.78, 5) is 1.97. The summed E-state index contributed by atoms with van der Waals surface area (Å²) in [5, 5.41) is -0.883. The maximum atomic E-state index is 11.7. The summed E-state index contributed by atoms with van der Waals surface area (Å²) in [5.74, 6) is 0. The Balaban J connectivity index is 2.49. The van der Waals surface area contributed by atoms with Crippen molar-refractivity contribution in [1.29, 1.82) is 0 Å². The SMILES string of the molecule is CC(C)S(=O)(=O)NCCc1ccc(N(C)CCNS(=O)(=O)C(C)C)cc1. The molecule has 0 radical (unpaired) electrons. The first-order valence-corrected chi connectivity index (χ1v) is 11.8. The predicted molar refractivity (Wildman–Crippen MR) is 108 cm³/mol. The number of anilines is 1. The van der Waals surface area contributed by atoms with Crippen LogP contribution in [0.2, 0.25) is 0 Å². The minimum atomic E-state index is -3.24. The Morgan fingerprint density at radius 1 is 0.846 bits per heavy atom. The van der Waals surface area contributed by atoms with Gasteiger partial charge in [-0.1, -0.05) is 12.1 Å². The zero-order valence-electron chi connectivity index (χ0n) is 16.2. The standard InChI is InChI=1S/C17H31N3O4S2/c1-14(2)25(21,22)18-11-10-16-6-8-17(9-7-16)20(5)13-12-19-26(23,24)15(3)4/h6-9,14-15,18-19H,10-13H2,1-5H3. The number of nitrogens with one attached hydrogen (secondary N) is 2. The molecule has 0 atom stereocenters. The van der Waals surface area contributed by atoms with Crippen molar-refractivity contribution in [1.82, 2.24) is 9.44 Å². The Labute approximate surface area is 158 Å². The van der Waals surface area contributed by atoms with E-state index in [-0.39, 0.29) is 0 Å². The maximum Gasteiger partial charge on any atom is 0.213 e. The van der Waals surface area contributed by atoms with Gasteiger partial charge in [-0.3, -0.25) is 0 Å². The summed E-state index contributed by atoms with van der Waals surface area (Å²) in [5.41, 5.74) is 2.01. The third-order valence-electron chi connectivity index (χ3n) is 4.09. The fourth-order valence-corrected chi connectivity index (χ4v) is 3.50. The number of hydrogen-bond donors (Lipinski definition) is 2. The van der Waals surface area contributed by atoms with Crippen LogP contribution >= 0.6 is 0 Å². The van der Waals surface area contributed by atoms with E-state index in [0.29, 0.717) is 26.1 Å². The number of rotatable bonds is 11. The van der Waals surface area contributed by atoms with Crippen molar-refractivity contribution >= 4 is 25.7 Å². The van der Waals surface area contributed by atoms with Gasteiger partial charge in [-0.25, -0.2) is 26.3 Å². The molecule has 2 N–H and O–H groups in total. The molecule has 1 aromatic rings. The second-order valence-corrected chi connectivity index (χ2v) is 11.5. The highest BCUT2D eigenvalue weighted by Gasteiger charge is 2.15. The van der Waals surface area contributed by atoms with Crippen LogP contribution in [-0.4, -0.2) is 54.0 Å². The van der Waals surface area contributed by atoms with E-state index < -0.39 is 30.5 Å². The molecule has 0 bridgehead atoms. The molecule has 7 nitrogen and oxygen atoms in total. The van der Waals surface area contributed by atoms with Crippen LogP contribution in [0.25, 0.3) is 0 Å². The van der Waals surface area contributed by atoms with Crippen molar-refractivity contribution in [3.63, 3.8) is 0 Å². The maximum absolute atomic E-state index is 11.7. The lowest BCUT2D eigenvalue weighted by atomic mass is 10.1. The fraction of sp³-hybridized carbons (Fsp3) is 0.647. The van der Waals surface area contributed by atoms with Gasteiger partial charge in [-0.15, -0.1) is 0 Å². The topological polar surface area (TPSA) is 95.6 Å². The lowest BCUT2D eigenvalue weighted by molar-refractivity contribution is 0.571. The van der Waals surface area contributed by atoms with Gasteiger partial charge in [0.05, 0.1) is 10.5 Å².